The molecule has 6 aromatic carbocycles. The van der Waals surface area contributed by atoms with Crippen molar-refractivity contribution in [2.24, 2.45) is 0 Å². The summed E-state index contributed by atoms with van der Waals surface area (Å²) >= 11 is 0. The van der Waals surface area contributed by atoms with E-state index in [1.54, 1.807) is 5.56 Å². The number of aromatic nitrogens is 1. The van der Waals surface area contributed by atoms with Crippen LogP contribution >= 0.6 is 0 Å². The second kappa shape index (κ2) is 12.7. The van der Waals surface area contributed by atoms with E-state index in [0.29, 0.717) is 0 Å². The quantitative estimate of drug-likeness (QED) is 0.162. The second-order valence-electron chi connectivity index (χ2n) is 24.8. The summed E-state index contributed by atoms with van der Waals surface area (Å²) < 4.78 is 9.78. The molecule has 5 heteroatoms. The van der Waals surface area contributed by atoms with Gasteiger partial charge in [0, 0.05) is 50.0 Å². The van der Waals surface area contributed by atoms with Crippen molar-refractivity contribution in [3.8, 4) is 16.8 Å². The minimum Gasteiger partial charge on any atom is -0.454 e. The standard InChI is InChI=1S/C62H64BN3O/c1-57(2,3)39-31-43-53-46(33-39)63-47-34-40(58(4,5)6)32-45-55(47)66(62(10)29-19-17-27-60(45,62)8)50-36-41(35-49(52(50)63)64(53)54-42-22-14-15-23-51(42)67-56(43)54)65-48-25-24-38(37-20-12-11-13-21-37)30-44(48)59(7)26-16-18-28-61(59,65)9/h11-15,20-25,30-36H,16-19,26-29H2,1-10H3. The van der Waals surface area contributed by atoms with Gasteiger partial charge in [-0.2, -0.15) is 0 Å². The molecule has 4 nitrogen and oxygen atoms in total. The molecule has 0 saturated heterocycles. The largest absolute Gasteiger partial charge is 0.454 e. The zero-order valence-electron chi connectivity index (χ0n) is 41.4. The Hall–Kier alpha value is -5.68. The maximum Gasteiger partial charge on any atom is 0.252 e. The molecular weight excluding hydrogens is 814 g/mol. The molecule has 336 valence electrons. The summed E-state index contributed by atoms with van der Waals surface area (Å²) in [4.78, 5) is 5.80. The first-order chi connectivity index (χ1) is 32.0. The summed E-state index contributed by atoms with van der Waals surface area (Å²) in [6, 6.07) is 43.0. The van der Waals surface area contributed by atoms with E-state index < -0.39 is 0 Å². The predicted octanol–water partition coefficient (Wildman–Crippen LogP) is 14.4. The SMILES string of the molecule is CC(C)(C)c1cc2c3c(c1)C1(C)CCCCC1(C)N3c1cc(N3c4ccc(-c5ccccc5)cc4C4(C)CCCCC34C)cc3c1B2c1cc(C(C)(C)C)cc2c4oc5ccccc5c4n-3c12. The van der Waals surface area contributed by atoms with Crippen LogP contribution in [0.5, 0.6) is 0 Å². The first-order valence-electron chi connectivity index (χ1n) is 25.6. The molecule has 4 atom stereocenters. The molecule has 2 saturated carbocycles. The third-order valence-corrected chi connectivity index (χ3v) is 19.3. The van der Waals surface area contributed by atoms with Crippen LogP contribution in [0.2, 0.25) is 0 Å². The van der Waals surface area contributed by atoms with Crippen LogP contribution in [0.25, 0.3) is 49.8 Å². The highest BCUT2D eigenvalue weighted by Crippen LogP contribution is 2.65. The van der Waals surface area contributed by atoms with E-state index in [9.17, 15) is 0 Å². The summed E-state index contributed by atoms with van der Waals surface area (Å²) in [5.74, 6) is 0. The minimum absolute atomic E-state index is 0.000906. The monoisotopic (exact) mass is 878 g/mol. The number of nitrogens with zero attached hydrogens (tertiary/aromatic N) is 3. The predicted molar refractivity (Wildman–Crippen MR) is 284 cm³/mol. The molecule has 2 fully saturated rings. The number of furan rings is 1. The lowest BCUT2D eigenvalue weighted by atomic mass is 9.33. The number of benzene rings is 6. The highest BCUT2D eigenvalue weighted by Gasteiger charge is 2.63. The smallest absolute Gasteiger partial charge is 0.252 e. The molecule has 0 bridgehead atoms. The van der Waals surface area contributed by atoms with Gasteiger partial charge in [0.2, 0.25) is 0 Å². The summed E-state index contributed by atoms with van der Waals surface area (Å²) in [7, 11) is 0. The maximum absolute atomic E-state index is 7.10. The molecule has 8 aromatic rings. The van der Waals surface area contributed by atoms with Gasteiger partial charge in [-0.1, -0.05) is 148 Å². The van der Waals surface area contributed by atoms with Gasteiger partial charge in [0.15, 0.2) is 5.58 Å². The van der Waals surface area contributed by atoms with Crippen molar-refractivity contribution < 1.29 is 4.42 Å². The molecule has 2 aliphatic carbocycles. The van der Waals surface area contributed by atoms with Crippen LogP contribution < -0.4 is 26.2 Å². The summed E-state index contributed by atoms with van der Waals surface area (Å²) in [6.07, 6.45) is 9.73. The van der Waals surface area contributed by atoms with Crippen LogP contribution in [-0.4, -0.2) is 22.4 Å². The van der Waals surface area contributed by atoms with E-state index in [1.807, 2.05) is 0 Å². The summed E-state index contributed by atoms with van der Waals surface area (Å²) in [5, 5.41) is 2.42. The Morgan fingerprint density at radius 3 is 1.88 bits per heavy atom. The number of rotatable bonds is 2. The molecule has 2 aromatic heterocycles. The van der Waals surface area contributed by atoms with Gasteiger partial charge < -0.3 is 18.8 Å². The van der Waals surface area contributed by atoms with E-state index >= 15 is 0 Å². The van der Waals surface area contributed by atoms with Gasteiger partial charge in [0.05, 0.1) is 16.6 Å². The Bertz CT molecular complexity index is 3490. The lowest BCUT2D eigenvalue weighted by molar-refractivity contribution is 0.194. The summed E-state index contributed by atoms with van der Waals surface area (Å²) in [6.45, 7) is 25.0. The van der Waals surface area contributed by atoms with E-state index in [1.165, 1.54) is 139 Å². The van der Waals surface area contributed by atoms with E-state index in [-0.39, 0.29) is 39.5 Å². The van der Waals surface area contributed by atoms with Gasteiger partial charge in [0.1, 0.15) is 11.1 Å². The van der Waals surface area contributed by atoms with Crippen LogP contribution in [0.4, 0.5) is 22.7 Å². The Kier molecular flexibility index (Phi) is 7.65. The van der Waals surface area contributed by atoms with Crippen molar-refractivity contribution in [3.05, 3.63) is 131 Å². The molecule has 0 amide bonds. The van der Waals surface area contributed by atoms with Crippen LogP contribution in [-0.2, 0) is 21.7 Å². The van der Waals surface area contributed by atoms with Gasteiger partial charge in [-0.15, -0.1) is 0 Å². The molecule has 14 rings (SSSR count). The number of fused-ring (bicyclic) bond motifs is 15. The molecule has 6 aliphatic rings. The Labute approximate surface area is 397 Å². The molecule has 6 heterocycles. The molecule has 4 unspecified atom stereocenters. The zero-order valence-corrected chi connectivity index (χ0v) is 41.4. The number of hydrogen-bond donors (Lipinski definition) is 0. The highest BCUT2D eigenvalue weighted by atomic mass is 16.3. The van der Waals surface area contributed by atoms with E-state index in [2.05, 4.69) is 193 Å². The van der Waals surface area contributed by atoms with Crippen molar-refractivity contribution in [1.82, 2.24) is 4.57 Å². The van der Waals surface area contributed by atoms with Gasteiger partial charge in [-0.05, 0) is 143 Å². The van der Waals surface area contributed by atoms with Crippen LogP contribution in [0.3, 0.4) is 0 Å². The molecule has 4 aliphatic heterocycles. The van der Waals surface area contributed by atoms with Gasteiger partial charge in [-0.25, -0.2) is 0 Å². The molecule has 0 radical (unpaired) electrons. The number of hydrogen-bond acceptors (Lipinski definition) is 3. The fourth-order valence-electron chi connectivity index (χ4n) is 15.2. The number of para-hydroxylation sites is 1. The zero-order chi connectivity index (χ0) is 45.9. The van der Waals surface area contributed by atoms with E-state index in [0.717, 1.165) is 17.6 Å². The Morgan fingerprint density at radius 2 is 1.15 bits per heavy atom. The minimum atomic E-state index is -0.116. The summed E-state index contributed by atoms with van der Waals surface area (Å²) in [5.41, 5.74) is 24.0. The normalized spacial score (nSPS) is 25.7. The third kappa shape index (κ3) is 4.82. The average Bonchev–Trinajstić information content (AvgIpc) is 3.96. The van der Waals surface area contributed by atoms with Crippen molar-refractivity contribution in [1.29, 1.82) is 0 Å². The first kappa shape index (κ1) is 40.4. The topological polar surface area (TPSA) is 24.6 Å². The lowest BCUT2D eigenvalue weighted by Crippen LogP contribution is -2.64. The highest BCUT2D eigenvalue weighted by molar-refractivity contribution is 7.00. The Balaban J connectivity index is 1.15. The van der Waals surface area contributed by atoms with Crippen LogP contribution in [0.15, 0.2) is 114 Å². The average molecular weight is 878 g/mol. The molecule has 0 spiro atoms. The Morgan fingerprint density at radius 1 is 0.522 bits per heavy atom. The fraction of sp³-hybridized carbons (Fsp3) is 0.387. The maximum atomic E-state index is 7.10. The van der Waals surface area contributed by atoms with Gasteiger partial charge >= 0.3 is 0 Å². The van der Waals surface area contributed by atoms with Crippen molar-refractivity contribution in [3.63, 3.8) is 0 Å². The number of anilines is 4. The van der Waals surface area contributed by atoms with Crippen molar-refractivity contribution in [2.45, 2.75) is 153 Å². The third-order valence-electron chi connectivity index (χ3n) is 19.3. The molecule has 0 N–H and O–H groups in total. The van der Waals surface area contributed by atoms with E-state index in [4.69, 9.17) is 4.42 Å². The van der Waals surface area contributed by atoms with Crippen LogP contribution in [0, 0.1) is 0 Å². The first-order valence-corrected chi connectivity index (χ1v) is 25.6. The van der Waals surface area contributed by atoms with Crippen LogP contribution in [0.1, 0.15) is 143 Å². The molecular formula is C62H64BN3O. The van der Waals surface area contributed by atoms with Gasteiger partial charge in [0.25, 0.3) is 6.71 Å². The molecule has 67 heavy (non-hydrogen) atoms. The lowest BCUT2D eigenvalue weighted by Gasteiger charge is -2.53. The van der Waals surface area contributed by atoms with Gasteiger partial charge in [-0.3, -0.25) is 0 Å². The fourth-order valence-corrected chi connectivity index (χ4v) is 15.2. The second-order valence-corrected chi connectivity index (χ2v) is 24.8. The van der Waals surface area contributed by atoms with Crippen molar-refractivity contribution in [2.75, 3.05) is 9.80 Å². The van der Waals surface area contributed by atoms with Crippen molar-refractivity contribution >= 4 is 78.8 Å².